The third-order valence-corrected chi connectivity index (χ3v) is 4.89. The molecule has 2 aromatic carbocycles. The zero-order valence-electron chi connectivity index (χ0n) is 16.3. The van der Waals surface area contributed by atoms with E-state index in [1.807, 2.05) is 25.1 Å². The highest BCUT2D eigenvalue weighted by atomic mass is 19.3. The molecule has 0 fully saturated rings. The molecule has 10 heteroatoms. The van der Waals surface area contributed by atoms with Crippen LogP contribution in [0.2, 0.25) is 0 Å². The number of fused-ring (bicyclic) bond motifs is 2. The van der Waals surface area contributed by atoms with E-state index in [2.05, 4.69) is 35.4 Å². The summed E-state index contributed by atoms with van der Waals surface area (Å²) in [6, 6.07) is 10.0. The smallest absolute Gasteiger partial charge is 0.395 e. The van der Waals surface area contributed by atoms with Gasteiger partial charge in [-0.1, -0.05) is 0 Å². The van der Waals surface area contributed by atoms with Crippen molar-refractivity contribution in [2.45, 2.75) is 26.1 Å². The largest absolute Gasteiger partial charge is 0.586 e. The maximum Gasteiger partial charge on any atom is 0.586 e. The summed E-state index contributed by atoms with van der Waals surface area (Å²) < 4.78 is 35.4. The Kier molecular flexibility index (Phi) is 4.35. The van der Waals surface area contributed by atoms with Crippen LogP contribution >= 0.6 is 0 Å². The van der Waals surface area contributed by atoms with Gasteiger partial charge >= 0.3 is 6.29 Å². The molecule has 3 aromatic rings. The van der Waals surface area contributed by atoms with Gasteiger partial charge in [-0.2, -0.15) is 4.98 Å². The first kappa shape index (κ1) is 19.0. The van der Waals surface area contributed by atoms with Gasteiger partial charge in [0.15, 0.2) is 11.5 Å². The summed E-state index contributed by atoms with van der Waals surface area (Å²) in [7, 11) is 0. The predicted octanol–water partition coefficient (Wildman–Crippen LogP) is 4.48. The molecule has 1 amide bonds. The number of aromatic nitrogens is 2. The summed E-state index contributed by atoms with van der Waals surface area (Å²) in [5, 5.41) is 9.09. The fraction of sp³-hybridized carbons (Fsp3) is 0.190. The van der Waals surface area contributed by atoms with Gasteiger partial charge in [0.1, 0.15) is 5.82 Å². The lowest BCUT2D eigenvalue weighted by Crippen LogP contribution is -2.25. The Balaban J connectivity index is 1.35. The van der Waals surface area contributed by atoms with E-state index in [1.54, 1.807) is 12.3 Å². The Labute approximate surface area is 175 Å². The third-order valence-electron chi connectivity index (χ3n) is 4.89. The first-order chi connectivity index (χ1) is 14.8. The number of amides is 1. The second-order valence-corrected chi connectivity index (χ2v) is 7.22. The van der Waals surface area contributed by atoms with E-state index in [9.17, 15) is 13.6 Å². The van der Waals surface area contributed by atoms with E-state index in [4.69, 9.17) is 0 Å². The highest BCUT2D eigenvalue weighted by Gasteiger charge is 2.43. The molecule has 0 radical (unpaired) electrons. The Bertz CT molecular complexity index is 1200. The molecule has 0 saturated carbocycles. The number of alkyl halides is 2. The van der Waals surface area contributed by atoms with Gasteiger partial charge in [-0.15, -0.1) is 8.78 Å². The molecule has 0 saturated heterocycles. The number of carbonyl (C=O) groups is 1. The molecular weight excluding hydrogens is 408 g/mol. The lowest BCUT2D eigenvalue weighted by atomic mass is 10.0. The molecule has 3 N–H and O–H groups in total. The summed E-state index contributed by atoms with van der Waals surface area (Å²) in [5.41, 5.74) is 3.91. The lowest BCUT2D eigenvalue weighted by Gasteiger charge is -2.18. The van der Waals surface area contributed by atoms with E-state index in [0.717, 1.165) is 22.5 Å². The molecule has 2 aliphatic rings. The van der Waals surface area contributed by atoms with Crippen molar-refractivity contribution >= 4 is 34.7 Å². The minimum atomic E-state index is -3.67. The second-order valence-electron chi connectivity index (χ2n) is 7.22. The third kappa shape index (κ3) is 3.91. The van der Waals surface area contributed by atoms with Gasteiger partial charge in [0.05, 0.1) is 0 Å². The number of nitrogens with one attached hydrogen (secondary N) is 3. The Morgan fingerprint density at radius 3 is 2.68 bits per heavy atom. The number of ether oxygens (including phenoxy) is 2. The van der Waals surface area contributed by atoms with Gasteiger partial charge in [0.2, 0.25) is 11.9 Å². The molecule has 5 rings (SSSR count). The Morgan fingerprint density at radius 2 is 1.81 bits per heavy atom. The molecule has 31 heavy (non-hydrogen) atoms. The van der Waals surface area contributed by atoms with Gasteiger partial charge in [-0.25, -0.2) is 4.98 Å². The fourth-order valence-electron chi connectivity index (χ4n) is 3.38. The molecule has 0 spiro atoms. The van der Waals surface area contributed by atoms with E-state index >= 15 is 0 Å². The predicted molar refractivity (Wildman–Crippen MR) is 109 cm³/mol. The molecule has 1 aromatic heterocycles. The van der Waals surface area contributed by atoms with Crippen LogP contribution in [0, 0.1) is 6.92 Å². The number of hydrogen-bond acceptors (Lipinski definition) is 7. The summed E-state index contributed by atoms with van der Waals surface area (Å²) in [5.74, 6) is 0.800. The summed E-state index contributed by atoms with van der Waals surface area (Å²) >= 11 is 0. The molecule has 0 aliphatic carbocycles. The molecular formula is C21H17F2N5O3. The number of halogens is 2. The van der Waals surface area contributed by atoms with Crippen molar-refractivity contribution in [3.8, 4) is 11.5 Å². The van der Waals surface area contributed by atoms with Gasteiger partial charge in [0, 0.05) is 41.3 Å². The molecule has 8 nitrogen and oxygen atoms in total. The minimum absolute atomic E-state index is 0.0121. The van der Waals surface area contributed by atoms with Crippen LogP contribution < -0.4 is 25.4 Å². The van der Waals surface area contributed by atoms with Gasteiger partial charge in [0.25, 0.3) is 0 Å². The zero-order valence-corrected chi connectivity index (χ0v) is 16.3. The van der Waals surface area contributed by atoms with Crippen molar-refractivity contribution < 1.29 is 23.0 Å². The first-order valence-corrected chi connectivity index (χ1v) is 9.55. The van der Waals surface area contributed by atoms with Crippen LogP contribution in [0.25, 0.3) is 0 Å². The number of nitrogens with zero attached hydrogens (tertiary/aromatic N) is 2. The lowest BCUT2D eigenvalue weighted by molar-refractivity contribution is -0.286. The van der Waals surface area contributed by atoms with Crippen LogP contribution in [0.15, 0.2) is 42.6 Å². The monoisotopic (exact) mass is 425 g/mol. The summed E-state index contributed by atoms with van der Waals surface area (Å²) in [6.07, 6.45) is -0.896. The molecule has 2 aliphatic heterocycles. The van der Waals surface area contributed by atoms with Crippen LogP contribution in [0.3, 0.4) is 0 Å². The molecule has 0 unspecified atom stereocenters. The highest BCUT2D eigenvalue weighted by Crippen LogP contribution is 2.42. The van der Waals surface area contributed by atoms with Crippen molar-refractivity contribution in [2.24, 2.45) is 0 Å². The van der Waals surface area contributed by atoms with Crippen LogP contribution in [0.5, 0.6) is 11.5 Å². The number of anilines is 5. The summed E-state index contributed by atoms with van der Waals surface area (Å²) in [6.45, 7) is 1.83. The Hall–Kier alpha value is -3.95. The number of carbonyl (C=O) groups excluding carboxylic acids is 1. The number of benzene rings is 2. The number of hydrogen-bond donors (Lipinski definition) is 3. The van der Waals surface area contributed by atoms with E-state index in [0.29, 0.717) is 30.3 Å². The maximum absolute atomic E-state index is 13.2. The topological polar surface area (TPSA) is 97.4 Å². The van der Waals surface area contributed by atoms with Crippen molar-refractivity contribution in [3.05, 3.63) is 53.7 Å². The average Bonchev–Trinajstić information content (AvgIpc) is 3.03. The number of aryl methyl sites for hydroxylation is 2. The SMILES string of the molecule is Cc1cnc(Nc2ccc3c(c2)CCC(=O)N3)nc1Nc1ccc2c(c1)OC(F)(F)O2. The van der Waals surface area contributed by atoms with Gasteiger partial charge < -0.3 is 25.4 Å². The molecule has 158 valence electrons. The van der Waals surface area contributed by atoms with Crippen LogP contribution in [-0.4, -0.2) is 22.2 Å². The van der Waals surface area contributed by atoms with Crippen molar-refractivity contribution in [2.75, 3.05) is 16.0 Å². The summed E-state index contributed by atoms with van der Waals surface area (Å²) in [4.78, 5) is 20.3. The quantitative estimate of drug-likeness (QED) is 0.567. The maximum atomic E-state index is 13.2. The second kappa shape index (κ2) is 7.08. The standard InChI is InChI=1S/C21H17F2N5O3/c1-11-10-24-20(26-13-3-5-15-12(8-13)2-7-18(29)27-15)28-19(11)25-14-4-6-16-17(9-14)31-21(22,23)30-16/h3-6,8-10H,2,7H2,1H3,(H,27,29)(H2,24,25,26,28). The molecule has 0 bridgehead atoms. The zero-order chi connectivity index (χ0) is 21.6. The fourth-order valence-corrected chi connectivity index (χ4v) is 3.38. The van der Waals surface area contributed by atoms with Crippen molar-refractivity contribution in [1.82, 2.24) is 9.97 Å². The molecule has 0 atom stereocenters. The average molecular weight is 425 g/mol. The van der Waals surface area contributed by atoms with E-state index < -0.39 is 6.29 Å². The van der Waals surface area contributed by atoms with Crippen LogP contribution in [-0.2, 0) is 11.2 Å². The Morgan fingerprint density at radius 1 is 1.03 bits per heavy atom. The van der Waals surface area contributed by atoms with Crippen molar-refractivity contribution in [3.63, 3.8) is 0 Å². The first-order valence-electron chi connectivity index (χ1n) is 9.55. The van der Waals surface area contributed by atoms with Crippen LogP contribution in [0.4, 0.5) is 37.6 Å². The van der Waals surface area contributed by atoms with Crippen molar-refractivity contribution in [1.29, 1.82) is 0 Å². The minimum Gasteiger partial charge on any atom is -0.395 e. The van der Waals surface area contributed by atoms with E-state index in [1.165, 1.54) is 12.1 Å². The highest BCUT2D eigenvalue weighted by molar-refractivity contribution is 5.94. The van der Waals surface area contributed by atoms with Crippen LogP contribution in [0.1, 0.15) is 17.5 Å². The normalized spacial score (nSPS) is 15.8. The molecule has 3 heterocycles. The van der Waals surface area contributed by atoms with Gasteiger partial charge in [-0.3, -0.25) is 4.79 Å². The number of rotatable bonds is 4. The van der Waals surface area contributed by atoms with Gasteiger partial charge in [-0.05, 0) is 49.2 Å². The van der Waals surface area contributed by atoms with E-state index in [-0.39, 0.29) is 17.4 Å².